The van der Waals surface area contributed by atoms with Crippen LogP contribution in [0.3, 0.4) is 0 Å². The molecule has 1 aliphatic rings. The minimum Gasteiger partial charge on any atom is -0.466 e. The van der Waals surface area contributed by atoms with Crippen LogP contribution in [0.1, 0.15) is 26.7 Å². The highest BCUT2D eigenvalue weighted by molar-refractivity contribution is 5.72. The third-order valence-electron chi connectivity index (χ3n) is 2.88. The van der Waals surface area contributed by atoms with Crippen LogP contribution >= 0.6 is 0 Å². The zero-order chi connectivity index (χ0) is 12.0. The van der Waals surface area contributed by atoms with Gasteiger partial charge in [-0.3, -0.25) is 4.79 Å². The van der Waals surface area contributed by atoms with Crippen LogP contribution in [0.15, 0.2) is 0 Å². The van der Waals surface area contributed by atoms with Crippen molar-refractivity contribution in [1.29, 1.82) is 5.26 Å². The largest absolute Gasteiger partial charge is 0.466 e. The molecule has 90 valence electrons. The van der Waals surface area contributed by atoms with Gasteiger partial charge in [0, 0.05) is 13.1 Å². The number of nitriles is 1. The number of carbonyl (C=O) groups excluding carboxylic acids is 1. The molecule has 0 N–H and O–H groups in total. The van der Waals surface area contributed by atoms with Crippen molar-refractivity contribution in [3.05, 3.63) is 0 Å². The van der Waals surface area contributed by atoms with Crippen LogP contribution in [-0.2, 0) is 9.53 Å². The van der Waals surface area contributed by atoms with Gasteiger partial charge in [0.1, 0.15) is 0 Å². The maximum absolute atomic E-state index is 11.6. The summed E-state index contributed by atoms with van der Waals surface area (Å²) in [7, 11) is 0. The molecular formula is C12H20N2O2. The lowest BCUT2D eigenvalue weighted by Gasteiger charge is -2.31. The molecule has 1 aliphatic heterocycles. The van der Waals surface area contributed by atoms with E-state index in [2.05, 4.69) is 11.0 Å². The summed E-state index contributed by atoms with van der Waals surface area (Å²) >= 11 is 0. The SMILES string of the molecule is CCOC(=O)[C@H]1CCCN(CC(C)C#N)C1. The van der Waals surface area contributed by atoms with Gasteiger partial charge in [-0.15, -0.1) is 0 Å². The second kappa shape index (κ2) is 6.49. The number of hydrogen-bond donors (Lipinski definition) is 0. The van der Waals surface area contributed by atoms with Crippen molar-refractivity contribution in [2.75, 3.05) is 26.2 Å². The number of piperidine rings is 1. The van der Waals surface area contributed by atoms with Gasteiger partial charge in [0.2, 0.25) is 0 Å². The molecule has 0 amide bonds. The van der Waals surface area contributed by atoms with Gasteiger partial charge in [-0.25, -0.2) is 0 Å². The molecule has 16 heavy (non-hydrogen) atoms. The average molecular weight is 224 g/mol. The van der Waals surface area contributed by atoms with E-state index in [0.717, 1.165) is 32.5 Å². The Morgan fingerprint density at radius 3 is 3.06 bits per heavy atom. The number of esters is 1. The molecule has 0 aliphatic carbocycles. The highest BCUT2D eigenvalue weighted by atomic mass is 16.5. The zero-order valence-electron chi connectivity index (χ0n) is 10.1. The van der Waals surface area contributed by atoms with Gasteiger partial charge < -0.3 is 9.64 Å². The van der Waals surface area contributed by atoms with E-state index in [1.54, 1.807) is 0 Å². The van der Waals surface area contributed by atoms with E-state index in [4.69, 9.17) is 10.00 Å². The highest BCUT2D eigenvalue weighted by Gasteiger charge is 2.27. The summed E-state index contributed by atoms with van der Waals surface area (Å²) in [6.07, 6.45) is 1.93. The van der Waals surface area contributed by atoms with Crippen LogP contribution in [0.4, 0.5) is 0 Å². The summed E-state index contributed by atoms with van der Waals surface area (Å²) in [5, 5.41) is 8.76. The monoisotopic (exact) mass is 224 g/mol. The Balaban J connectivity index is 2.41. The molecular weight excluding hydrogens is 204 g/mol. The summed E-state index contributed by atoms with van der Waals surface area (Å²) in [5.41, 5.74) is 0. The second-order valence-corrected chi connectivity index (χ2v) is 4.38. The molecule has 2 atom stereocenters. The van der Waals surface area contributed by atoms with Gasteiger partial charge in [0.05, 0.1) is 24.5 Å². The van der Waals surface area contributed by atoms with E-state index < -0.39 is 0 Å². The summed E-state index contributed by atoms with van der Waals surface area (Å²) in [6.45, 7) is 6.67. The van der Waals surface area contributed by atoms with Crippen LogP contribution in [0.5, 0.6) is 0 Å². The number of hydrogen-bond acceptors (Lipinski definition) is 4. The van der Waals surface area contributed by atoms with E-state index in [0.29, 0.717) is 6.61 Å². The van der Waals surface area contributed by atoms with Gasteiger partial charge >= 0.3 is 5.97 Å². The first-order valence-corrected chi connectivity index (χ1v) is 5.96. The lowest BCUT2D eigenvalue weighted by atomic mass is 9.97. The molecule has 0 aromatic rings. The average Bonchev–Trinajstić information content (AvgIpc) is 2.29. The molecule has 0 saturated carbocycles. The first-order chi connectivity index (χ1) is 7.67. The predicted molar refractivity (Wildman–Crippen MR) is 60.6 cm³/mol. The first kappa shape index (κ1) is 13.0. The summed E-state index contributed by atoms with van der Waals surface area (Å²) in [6, 6.07) is 2.22. The molecule has 4 nitrogen and oxygen atoms in total. The standard InChI is InChI=1S/C12H20N2O2/c1-3-16-12(15)11-5-4-6-14(9-11)8-10(2)7-13/h10-11H,3-6,8-9H2,1-2H3/t10?,11-/m0/s1. The highest BCUT2D eigenvalue weighted by Crippen LogP contribution is 2.18. The van der Waals surface area contributed by atoms with Gasteiger partial charge in [0.15, 0.2) is 0 Å². The quantitative estimate of drug-likeness (QED) is 0.678. The normalized spacial score (nSPS) is 23.4. The summed E-state index contributed by atoms with van der Waals surface area (Å²) in [4.78, 5) is 13.8. The number of carbonyl (C=O) groups is 1. The van der Waals surface area contributed by atoms with Crippen molar-refractivity contribution in [1.82, 2.24) is 4.90 Å². The summed E-state index contributed by atoms with van der Waals surface area (Å²) in [5.74, 6) is -0.0580. The summed E-state index contributed by atoms with van der Waals surface area (Å²) < 4.78 is 5.03. The smallest absolute Gasteiger partial charge is 0.310 e. The van der Waals surface area contributed by atoms with Gasteiger partial charge in [-0.1, -0.05) is 0 Å². The Bertz CT molecular complexity index is 273. The molecule has 0 spiro atoms. The van der Waals surface area contributed by atoms with Crippen molar-refractivity contribution in [2.24, 2.45) is 11.8 Å². The minimum absolute atomic E-state index is 0.000377. The van der Waals surface area contributed by atoms with Crippen LogP contribution in [0.2, 0.25) is 0 Å². The van der Waals surface area contributed by atoms with Crippen molar-refractivity contribution in [2.45, 2.75) is 26.7 Å². The Labute approximate surface area is 97.2 Å². The topological polar surface area (TPSA) is 53.3 Å². The molecule has 1 saturated heterocycles. The zero-order valence-corrected chi connectivity index (χ0v) is 10.1. The Hall–Kier alpha value is -1.08. The van der Waals surface area contributed by atoms with Crippen molar-refractivity contribution in [3.8, 4) is 6.07 Å². The molecule has 1 heterocycles. The Kier molecular flexibility index (Phi) is 5.27. The van der Waals surface area contributed by atoms with Crippen molar-refractivity contribution < 1.29 is 9.53 Å². The van der Waals surface area contributed by atoms with Crippen molar-refractivity contribution in [3.63, 3.8) is 0 Å². The number of rotatable bonds is 4. The van der Waals surface area contributed by atoms with Crippen LogP contribution in [-0.4, -0.2) is 37.1 Å². The van der Waals surface area contributed by atoms with Crippen LogP contribution < -0.4 is 0 Å². The maximum Gasteiger partial charge on any atom is 0.310 e. The fourth-order valence-electron chi connectivity index (χ4n) is 2.10. The van der Waals surface area contributed by atoms with E-state index in [1.807, 2.05) is 13.8 Å². The second-order valence-electron chi connectivity index (χ2n) is 4.38. The van der Waals surface area contributed by atoms with E-state index >= 15 is 0 Å². The first-order valence-electron chi connectivity index (χ1n) is 5.96. The predicted octanol–water partition coefficient (Wildman–Crippen LogP) is 1.42. The van der Waals surface area contributed by atoms with E-state index in [-0.39, 0.29) is 17.8 Å². The van der Waals surface area contributed by atoms with E-state index in [9.17, 15) is 4.79 Å². The van der Waals surface area contributed by atoms with Crippen molar-refractivity contribution >= 4 is 5.97 Å². The van der Waals surface area contributed by atoms with Gasteiger partial charge in [0.25, 0.3) is 0 Å². The van der Waals surface area contributed by atoms with E-state index in [1.165, 1.54) is 0 Å². The fourth-order valence-corrected chi connectivity index (χ4v) is 2.10. The molecule has 0 radical (unpaired) electrons. The third-order valence-corrected chi connectivity index (χ3v) is 2.88. The Morgan fingerprint density at radius 2 is 2.44 bits per heavy atom. The molecule has 1 unspecified atom stereocenters. The van der Waals surface area contributed by atoms with Crippen LogP contribution in [0, 0.1) is 23.2 Å². The maximum atomic E-state index is 11.6. The number of likely N-dealkylation sites (tertiary alicyclic amines) is 1. The third kappa shape index (κ3) is 3.82. The molecule has 0 aromatic carbocycles. The lowest BCUT2D eigenvalue weighted by molar-refractivity contribution is -0.149. The molecule has 1 rings (SSSR count). The molecule has 0 bridgehead atoms. The Morgan fingerprint density at radius 1 is 1.69 bits per heavy atom. The number of ether oxygens (including phenoxy) is 1. The van der Waals surface area contributed by atoms with Gasteiger partial charge in [-0.05, 0) is 33.2 Å². The minimum atomic E-state index is -0.0863. The lowest BCUT2D eigenvalue weighted by Crippen LogP contribution is -2.41. The molecule has 1 fully saturated rings. The number of nitrogens with zero attached hydrogens (tertiary/aromatic N) is 2. The fraction of sp³-hybridized carbons (Fsp3) is 0.833. The molecule has 4 heteroatoms. The van der Waals surface area contributed by atoms with Gasteiger partial charge in [-0.2, -0.15) is 5.26 Å². The molecule has 0 aromatic heterocycles. The van der Waals surface area contributed by atoms with Crippen LogP contribution in [0.25, 0.3) is 0 Å².